The fraction of sp³-hybridized carbons (Fsp3) is 0.718. The molecule has 0 heterocycles. The number of fused-ring (bicyclic) bond motifs is 5. The lowest BCUT2D eigenvalue weighted by Gasteiger charge is -2.67. The van der Waals surface area contributed by atoms with Gasteiger partial charge in [0, 0.05) is 11.5 Å². The Labute approximate surface area is 256 Å². The van der Waals surface area contributed by atoms with Crippen LogP contribution in [-0.4, -0.2) is 22.8 Å². The molecule has 1 N–H and O–H groups in total. The number of carbonyl (C=O) groups is 1. The van der Waals surface area contributed by atoms with Crippen LogP contribution in [0.2, 0.25) is 0 Å². The van der Waals surface area contributed by atoms with Crippen molar-refractivity contribution in [2.75, 3.05) is 0 Å². The van der Waals surface area contributed by atoms with Gasteiger partial charge in [-0.1, -0.05) is 76.6 Å². The maximum Gasteiger partial charge on any atom is 0.331 e. The second kappa shape index (κ2) is 11.2. The second-order valence-electron chi connectivity index (χ2n) is 16.5. The number of allylic oxidation sites excluding steroid dienone is 2. The van der Waals surface area contributed by atoms with Crippen molar-refractivity contribution in [2.24, 2.45) is 45.3 Å². The number of hydrogen-bond donors (Lipinski definition) is 1. The first-order chi connectivity index (χ1) is 19.6. The molecule has 9 atom stereocenters. The Hall–Kier alpha value is -1.87. The van der Waals surface area contributed by atoms with Gasteiger partial charge in [0.25, 0.3) is 0 Å². The molecule has 0 bridgehead atoms. The van der Waals surface area contributed by atoms with E-state index in [0.717, 1.165) is 37.7 Å². The zero-order chi connectivity index (χ0) is 30.6. The smallest absolute Gasteiger partial charge is 0.331 e. The van der Waals surface area contributed by atoms with Crippen LogP contribution in [0.5, 0.6) is 0 Å². The Morgan fingerprint density at radius 1 is 0.929 bits per heavy atom. The predicted molar refractivity (Wildman–Crippen MR) is 174 cm³/mol. The zero-order valence-electron chi connectivity index (χ0n) is 27.8. The monoisotopic (exact) mass is 574 g/mol. The third-order valence-electron chi connectivity index (χ3n) is 13.8. The molecule has 4 aliphatic carbocycles. The predicted octanol–water partition coefficient (Wildman–Crippen LogP) is 9.79. The molecular formula is C39H58O3. The van der Waals surface area contributed by atoms with Crippen molar-refractivity contribution in [1.82, 2.24) is 0 Å². The van der Waals surface area contributed by atoms with E-state index in [1.54, 1.807) is 6.08 Å². The van der Waals surface area contributed by atoms with Crippen molar-refractivity contribution in [2.45, 2.75) is 131 Å². The van der Waals surface area contributed by atoms with Crippen LogP contribution in [0.4, 0.5) is 0 Å². The quantitative estimate of drug-likeness (QED) is 0.200. The summed E-state index contributed by atoms with van der Waals surface area (Å²) in [4.78, 5) is 12.9. The van der Waals surface area contributed by atoms with Crippen LogP contribution in [0.1, 0.15) is 125 Å². The molecule has 0 aliphatic heterocycles. The molecule has 1 aromatic carbocycles. The summed E-state index contributed by atoms with van der Waals surface area (Å²) in [6.45, 7) is 18.9. The van der Waals surface area contributed by atoms with Crippen LogP contribution in [0.3, 0.4) is 0 Å². The van der Waals surface area contributed by atoms with Crippen LogP contribution >= 0.6 is 0 Å². The summed E-state index contributed by atoms with van der Waals surface area (Å²) in [5.74, 6) is 2.11. The Morgan fingerprint density at radius 2 is 1.62 bits per heavy atom. The number of rotatable bonds is 7. The summed E-state index contributed by atoms with van der Waals surface area (Å²) in [7, 11) is 0. The Bertz CT molecular complexity index is 1190. The third kappa shape index (κ3) is 5.24. The first-order valence-electron chi connectivity index (χ1n) is 16.9. The van der Waals surface area contributed by atoms with Crippen molar-refractivity contribution in [3.8, 4) is 0 Å². The van der Waals surface area contributed by atoms with Crippen molar-refractivity contribution < 1.29 is 14.6 Å². The largest absolute Gasteiger partial charge is 0.459 e. The molecule has 0 unspecified atom stereocenters. The molecule has 3 nitrogen and oxygen atoms in total. The summed E-state index contributed by atoms with van der Waals surface area (Å²) in [5.41, 5.74) is 2.40. The Kier molecular flexibility index (Phi) is 8.45. The van der Waals surface area contributed by atoms with Crippen molar-refractivity contribution in [1.29, 1.82) is 0 Å². The second-order valence-corrected chi connectivity index (χ2v) is 16.5. The number of esters is 1. The lowest BCUT2D eigenvalue weighted by Crippen LogP contribution is -2.62. The highest BCUT2D eigenvalue weighted by Gasteiger charge is 2.69. The van der Waals surface area contributed by atoms with E-state index in [2.05, 4.69) is 61.5 Å². The zero-order valence-corrected chi connectivity index (χ0v) is 27.8. The minimum Gasteiger partial charge on any atom is -0.459 e. The fourth-order valence-electron chi connectivity index (χ4n) is 11.4. The van der Waals surface area contributed by atoms with Crippen molar-refractivity contribution in [3.63, 3.8) is 0 Å². The van der Waals surface area contributed by atoms with E-state index >= 15 is 0 Å². The SMILES string of the molecule is CC(C)=CCC[C@@](C)(O)[C@H]1CC[C@@]2(C)[C@@H]3CC[C@H]4C(C)(C)[C@@H](OC(=O)/C=C/c5ccccc5)CC[C@]4(C)[C@H]3CC[C@]12C. The Morgan fingerprint density at radius 3 is 2.31 bits per heavy atom. The highest BCUT2D eigenvalue weighted by atomic mass is 16.5. The summed E-state index contributed by atoms with van der Waals surface area (Å²) in [6.07, 6.45) is 17.0. The minimum absolute atomic E-state index is 0.0451. The first-order valence-corrected chi connectivity index (χ1v) is 16.9. The molecule has 232 valence electrons. The highest BCUT2D eigenvalue weighted by Crippen LogP contribution is 2.75. The van der Waals surface area contributed by atoms with Gasteiger partial charge in [-0.05, 0) is 137 Å². The van der Waals surface area contributed by atoms with Crippen LogP contribution < -0.4 is 0 Å². The summed E-state index contributed by atoms with van der Waals surface area (Å²) >= 11 is 0. The molecule has 42 heavy (non-hydrogen) atoms. The van der Waals surface area contributed by atoms with Gasteiger partial charge in [0.1, 0.15) is 6.10 Å². The average Bonchev–Trinajstić information content (AvgIpc) is 3.21. The van der Waals surface area contributed by atoms with E-state index in [9.17, 15) is 9.90 Å². The topological polar surface area (TPSA) is 46.5 Å². The molecular weight excluding hydrogens is 516 g/mol. The number of ether oxygens (including phenoxy) is 1. The van der Waals surface area contributed by atoms with Gasteiger partial charge in [0.15, 0.2) is 0 Å². The van der Waals surface area contributed by atoms with E-state index in [0.29, 0.717) is 23.7 Å². The maximum absolute atomic E-state index is 12.9. The third-order valence-corrected chi connectivity index (χ3v) is 13.8. The number of aliphatic hydroxyl groups is 1. The summed E-state index contributed by atoms with van der Waals surface area (Å²) in [6, 6.07) is 9.97. The van der Waals surface area contributed by atoms with E-state index < -0.39 is 5.60 Å². The summed E-state index contributed by atoms with van der Waals surface area (Å²) < 4.78 is 6.20. The van der Waals surface area contributed by atoms with Gasteiger partial charge in [0.2, 0.25) is 0 Å². The van der Waals surface area contributed by atoms with Gasteiger partial charge in [-0.2, -0.15) is 0 Å². The van der Waals surface area contributed by atoms with Gasteiger partial charge in [0.05, 0.1) is 5.60 Å². The average molecular weight is 575 g/mol. The van der Waals surface area contributed by atoms with Crippen LogP contribution in [-0.2, 0) is 9.53 Å². The van der Waals surface area contributed by atoms with E-state index in [1.807, 2.05) is 36.4 Å². The van der Waals surface area contributed by atoms with Crippen LogP contribution in [0, 0.1) is 45.3 Å². The summed E-state index contributed by atoms with van der Waals surface area (Å²) in [5, 5.41) is 11.9. The van der Waals surface area contributed by atoms with Gasteiger partial charge in [-0.3, -0.25) is 0 Å². The molecule has 0 aromatic heterocycles. The van der Waals surface area contributed by atoms with Crippen LogP contribution in [0.15, 0.2) is 48.1 Å². The molecule has 4 saturated carbocycles. The number of hydrogen-bond acceptors (Lipinski definition) is 3. The highest BCUT2D eigenvalue weighted by molar-refractivity contribution is 5.87. The van der Waals surface area contributed by atoms with E-state index in [4.69, 9.17) is 4.74 Å². The Balaban J connectivity index is 1.31. The van der Waals surface area contributed by atoms with E-state index in [1.165, 1.54) is 37.7 Å². The fourth-order valence-corrected chi connectivity index (χ4v) is 11.4. The van der Waals surface area contributed by atoms with Gasteiger partial charge >= 0.3 is 5.97 Å². The lowest BCUT2D eigenvalue weighted by molar-refractivity contribution is -0.213. The molecule has 3 heteroatoms. The lowest BCUT2D eigenvalue weighted by atomic mass is 9.38. The first kappa shape index (κ1) is 31.6. The van der Waals surface area contributed by atoms with E-state index in [-0.39, 0.29) is 33.7 Å². The van der Waals surface area contributed by atoms with Crippen molar-refractivity contribution in [3.05, 3.63) is 53.6 Å². The molecule has 4 aliphatic rings. The molecule has 0 spiro atoms. The maximum atomic E-state index is 12.9. The van der Waals surface area contributed by atoms with Gasteiger partial charge in [-0.25, -0.2) is 4.79 Å². The normalized spacial score (nSPS) is 40.4. The molecule has 4 fully saturated rings. The molecule has 0 saturated heterocycles. The molecule has 0 amide bonds. The number of benzene rings is 1. The molecule has 1 aromatic rings. The molecule has 0 radical (unpaired) electrons. The van der Waals surface area contributed by atoms with Crippen LogP contribution in [0.25, 0.3) is 6.08 Å². The standard InChI is InChI=1S/C39H58O3/c1-27(2)13-12-23-39(8,41)32-21-26-37(6)30-17-18-31-35(3,4)33(42-34(40)19-16-28-14-10-9-11-15-28)22-24-36(31,5)29(30)20-25-38(32,37)7/h9-11,13-16,19,29-33,41H,12,17-18,20-26H2,1-8H3/b19-16+/t29-,30+,31-,32-,33-,36+,37-,38+,39+/m0/s1. The van der Waals surface area contributed by atoms with Gasteiger partial charge in [-0.15, -0.1) is 0 Å². The molecule has 5 rings (SSSR count). The van der Waals surface area contributed by atoms with Crippen molar-refractivity contribution >= 4 is 12.0 Å². The van der Waals surface area contributed by atoms with Gasteiger partial charge < -0.3 is 9.84 Å². The minimum atomic E-state index is -0.620. The number of carbonyl (C=O) groups excluding carboxylic acids is 1.